The number of aromatic nitrogens is 2. The summed E-state index contributed by atoms with van der Waals surface area (Å²) in [6.45, 7) is 0. The maximum Gasteiger partial charge on any atom is 0.223 e. The van der Waals surface area contributed by atoms with Crippen LogP contribution in [0.15, 0.2) is 35.7 Å². The number of nitriles is 1. The van der Waals surface area contributed by atoms with Crippen molar-refractivity contribution in [2.75, 3.05) is 11.1 Å². The fraction of sp³-hybridized carbons (Fsp3) is 0. The number of benzene rings is 1. The number of thiophene rings is 1. The normalized spacial score (nSPS) is 10.3. The van der Waals surface area contributed by atoms with E-state index >= 15 is 0 Å². The predicted molar refractivity (Wildman–Crippen MR) is 76.3 cm³/mol. The largest absolute Gasteiger partial charge is 0.368 e. The van der Waals surface area contributed by atoms with E-state index in [4.69, 9.17) is 11.0 Å². The van der Waals surface area contributed by atoms with Gasteiger partial charge in [-0.1, -0.05) is 0 Å². The van der Waals surface area contributed by atoms with Crippen LogP contribution in [0.4, 0.5) is 17.5 Å². The van der Waals surface area contributed by atoms with E-state index in [0.29, 0.717) is 11.4 Å². The minimum Gasteiger partial charge on any atom is -0.368 e. The van der Waals surface area contributed by atoms with Crippen molar-refractivity contribution in [1.82, 2.24) is 9.97 Å². The van der Waals surface area contributed by atoms with Crippen LogP contribution in [0.25, 0.3) is 10.2 Å². The van der Waals surface area contributed by atoms with Crippen LogP contribution in [0.5, 0.6) is 0 Å². The third-order valence-electron chi connectivity index (χ3n) is 2.62. The fourth-order valence-corrected chi connectivity index (χ4v) is 2.50. The van der Waals surface area contributed by atoms with Gasteiger partial charge >= 0.3 is 0 Å². The average Bonchev–Trinajstić information content (AvgIpc) is 2.88. The highest BCUT2D eigenvalue weighted by Crippen LogP contribution is 2.28. The SMILES string of the molecule is N#Cc1ccc(Nc2nc(N)nc3sccc23)cc1. The summed E-state index contributed by atoms with van der Waals surface area (Å²) in [6, 6.07) is 11.2. The molecule has 0 aliphatic rings. The van der Waals surface area contributed by atoms with Crippen molar-refractivity contribution in [2.45, 2.75) is 0 Å². The summed E-state index contributed by atoms with van der Waals surface area (Å²) in [5, 5.41) is 14.8. The second-order valence-corrected chi connectivity index (χ2v) is 4.78. The number of nitrogen functional groups attached to an aromatic ring is 1. The van der Waals surface area contributed by atoms with Gasteiger partial charge in [-0.05, 0) is 35.7 Å². The Balaban J connectivity index is 2.00. The van der Waals surface area contributed by atoms with Crippen molar-refractivity contribution < 1.29 is 0 Å². The third kappa shape index (κ3) is 2.19. The van der Waals surface area contributed by atoms with Crippen LogP contribution in [0.3, 0.4) is 0 Å². The molecule has 5 nitrogen and oxygen atoms in total. The molecule has 3 aromatic rings. The van der Waals surface area contributed by atoms with Crippen LogP contribution >= 0.6 is 11.3 Å². The Hall–Kier alpha value is -2.65. The zero-order valence-electron chi connectivity index (χ0n) is 9.79. The standard InChI is InChI=1S/C13H9N5S/c14-7-8-1-3-9(4-2-8)16-11-10-5-6-19-12(10)18-13(15)17-11/h1-6H,(H3,15,16,17,18). The molecule has 0 spiro atoms. The zero-order chi connectivity index (χ0) is 13.2. The molecular formula is C13H9N5S. The van der Waals surface area contributed by atoms with E-state index in [1.807, 2.05) is 23.6 Å². The molecule has 19 heavy (non-hydrogen) atoms. The second-order valence-electron chi connectivity index (χ2n) is 3.88. The van der Waals surface area contributed by atoms with Gasteiger partial charge in [0.1, 0.15) is 10.6 Å². The quantitative estimate of drug-likeness (QED) is 0.745. The van der Waals surface area contributed by atoms with Gasteiger partial charge in [-0.25, -0.2) is 4.98 Å². The van der Waals surface area contributed by atoms with Crippen LogP contribution in [0, 0.1) is 11.3 Å². The Morgan fingerprint density at radius 3 is 2.68 bits per heavy atom. The Morgan fingerprint density at radius 1 is 1.16 bits per heavy atom. The van der Waals surface area contributed by atoms with E-state index < -0.39 is 0 Å². The number of nitrogens with one attached hydrogen (secondary N) is 1. The molecule has 0 saturated carbocycles. The molecule has 0 radical (unpaired) electrons. The van der Waals surface area contributed by atoms with Gasteiger partial charge in [-0.15, -0.1) is 11.3 Å². The van der Waals surface area contributed by atoms with Crippen LogP contribution < -0.4 is 11.1 Å². The number of rotatable bonds is 2. The molecule has 0 fully saturated rings. The molecule has 0 unspecified atom stereocenters. The van der Waals surface area contributed by atoms with E-state index in [9.17, 15) is 0 Å². The molecular weight excluding hydrogens is 258 g/mol. The van der Waals surface area contributed by atoms with E-state index in [0.717, 1.165) is 15.9 Å². The molecule has 6 heteroatoms. The molecule has 1 aromatic carbocycles. The summed E-state index contributed by atoms with van der Waals surface area (Å²) in [6.07, 6.45) is 0. The lowest BCUT2D eigenvalue weighted by Crippen LogP contribution is -2.00. The fourth-order valence-electron chi connectivity index (χ4n) is 1.73. The molecule has 3 rings (SSSR count). The molecule has 0 aliphatic heterocycles. The van der Waals surface area contributed by atoms with Crippen molar-refractivity contribution >= 4 is 39.0 Å². The van der Waals surface area contributed by atoms with Crippen LogP contribution in [0.1, 0.15) is 5.56 Å². The summed E-state index contributed by atoms with van der Waals surface area (Å²) < 4.78 is 0. The lowest BCUT2D eigenvalue weighted by molar-refractivity contribution is 1.24. The van der Waals surface area contributed by atoms with Gasteiger partial charge in [-0.3, -0.25) is 0 Å². The lowest BCUT2D eigenvalue weighted by Gasteiger charge is -2.07. The predicted octanol–water partition coefficient (Wildman–Crippen LogP) is 2.89. The van der Waals surface area contributed by atoms with Gasteiger partial charge in [0, 0.05) is 5.69 Å². The summed E-state index contributed by atoms with van der Waals surface area (Å²) in [5.74, 6) is 0.916. The van der Waals surface area contributed by atoms with Gasteiger partial charge in [0.15, 0.2) is 0 Å². The molecule has 0 amide bonds. The highest BCUT2D eigenvalue weighted by molar-refractivity contribution is 7.16. The molecule has 2 aromatic heterocycles. The first-order valence-electron chi connectivity index (χ1n) is 5.54. The Morgan fingerprint density at radius 2 is 1.95 bits per heavy atom. The topological polar surface area (TPSA) is 87.6 Å². The van der Waals surface area contributed by atoms with E-state index in [1.165, 1.54) is 11.3 Å². The minimum absolute atomic E-state index is 0.242. The van der Waals surface area contributed by atoms with Gasteiger partial charge in [0.2, 0.25) is 5.95 Å². The number of hydrogen-bond donors (Lipinski definition) is 2. The van der Waals surface area contributed by atoms with Crippen molar-refractivity contribution in [3.8, 4) is 6.07 Å². The highest BCUT2D eigenvalue weighted by atomic mass is 32.1. The Labute approximate surface area is 113 Å². The lowest BCUT2D eigenvalue weighted by atomic mass is 10.2. The molecule has 0 atom stereocenters. The van der Waals surface area contributed by atoms with Crippen molar-refractivity contribution in [3.05, 3.63) is 41.3 Å². The Kier molecular flexibility index (Phi) is 2.74. The summed E-state index contributed by atoms with van der Waals surface area (Å²) in [5.41, 5.74) is 7.15. The number of anilines is 3. The van der Waals surface area contributed by atoms with Gasteiger partial charge < -0.3 is 11.1 Å². The average molecular weight is 267 g/mol. The van der Waals surface area contributed by atoms with Gasteiger partial charge in [-0.2, -0.15) is 10.2 Å². The highest BCUT2D eigenvalue weighted by Gasteiger charge is 2.07. The zero-order valence-corrected chi connectivity index (χ0v) is 10.6. The number of nitrogens with two attached hydrogens (primary N) is 1. The molecule has 0 saturated heterocycles. The molecule has 3 N–H and O–H groups in total. The van der Waals surface area contributed by atoms with E-state index in [1.54, 1.807) is 12.1 Å². The number of nitrogens with zero attached hydrogens (tertiary/aromatic N) is 3. The number of hydrogen-bond acceptors (Lipinski definition) is 6. The molecule has 0 aliphatic carbocycles. The maximum atomic E-state index is 8.76. The summed E-state index contributed by atoms with van der Waals surface area (Å²) in [4.78, 5) is 9.23. The molecule has 92 valence electrons. The molecule has 0 bridgehead atoms. The first-order chi connectivity index (χ1) is 9.26. The third-order valence-corrected chi connectivity index (χ3v) is 3.43. The Bertz CT molecular complexity index is 770. The van der Waals surface area contributed by atoms with Crippen LogP contribution in [0.2, 0.25) is 0 Å². The van der Waals surface area contributed by atoms with Crippen molar-refractivity contribution in [3.63, 3.8) is 0 Å². The van der Waals surface area contributed by atoms with Crippen molar-refractivity contribution in [2.24, 2.45) is 0 Å². The van der Waals surface area contributed by atoms with Crippen LogP contribution in [-0.4, -0.2) is 9.97 Å². The minimum atomic E-state index is 0.242. The summed E-state index contributed by atoms with van der Waals surface area (Å²) >= 11 is 1.52. The van der Waals surface area contributed by atoms with Crippen LogP contribution in [-0.2, 0) is 0 Å². The molecule has 2 heterocycles. The second kappa shape index (κ2) is 4.55. The monoisotopic (exact) mass is 267 g/mol. The van der Waals surface area contributed by atoms with E-state index in [2.05, 4.69) is 21.4 Å². The smallest absolute Gasteiger partial charge is 0.223 e. The van der Waals surface area contributed by atoms with Crippen molar-refractivity contribution in [1.29, 1.82) is 5.26 Å². The first-order valence-corrected chi connectivity index (χ1v) is 6.42. The van der Waals surface area contributed by atoms with Gasteiger partial charge in [0.05, 0.1) is 17.0 Å². The van der Waals surface area contributed by atoms with E-state index in [-0.39, 0.29) is 5.95 Å². The first kappa shape index (κ1) is 11.4. The number of fused-ring (bicyclic) bond motifs is 1. The maximum absolute atomic E-state index is 8.76. The van der Waals surface area contributed by atoms with Gasteiger partial charge in [0.25, 0.3) is 0 Å². The summed E-state index contributed by atoms with van der Waals surface area (Å²) in [7, 11) is 0.